The molecule has 0 fully saturated rings. The monoisotopic (exact) mass is 251 g/mol. The van der Waals surface area contributed by atoms with Crippen LogP contribution in [-0.4, -0.2) is 25.7 Å². The summed E-state index contributed by atoms with van der Waals surface area (Å²) in [4.78, 5) is 12.0. The Labute approximate surface area is 108 Å². The molecular formula is C14H21NO3. The maximum Gasteiger partial charge on any atom is 0.252 e. The largest absolute Gasteiger partial charge is 0.497 e. The van der Waals surface area contributed by atoms with Crippen LogP contribution in [0, 0.1) is 0 Å². The van der Waals surface area contributed by atoms with Crippen LogP contribution in [0.25, 0.3) is 0 Å². The third kappa shape index (κ3) is 3.47. The Morgan fingerprint density at radius 3 is 2.33 bits per heavy atom. The van der Waals surface area contributed by atoms with Crippen LogP contribution in [0.1, 0.15) is 25.8 Å². The highest BCUT2D eigenvalue weighted by molar-refractivity contribution is 5.84. The number of hydrogen-bond acceptors (Lipinski definition) is 3. The fraction of sp³-hybridized carbons (Fsp3) is 0.500. The van der Waals surface area contributed by atoms with Crippen LogP contribution in [0.2, 0.25) is 0 Å². The van der Waals surface area contributed by atoms with Crippen molar-refractivity contribution in [3.8, 4) is 5.75 Å². The lowest BCUT2D eigenvalue weighted by Crippen LogP contribution is -2.45. The van der Waals surface area contributed by atoms with Gasteiger partial charge in [-0.25, -0.2) is 0 Å². The lowest BCUT2D eigenvalue weighted by Gasteiger charge is -2.25. The molecule has 1 aromatic carbocycles. The second-order valence-electron chi connectivity index (χ2n) is 4.32. The summed E-state index contributed by atoms with van der Waals surface area (Å²) < 4.78 is 10.3. The number of nitrogens with one attached hydrogen (secondary N) is 1. The molecule has 1 N–H and O–H groups in total. The SMILES string of the molecule is CCC(C)(OC)C(=O)NCc1ccc(OC)cc1. The number of amides is 1. The number of hydrogen-bond donors (Lipinski definition) is 1. The zero-order valence-corrected chi connectivity index (χ0v) is 11.4. The standard InChI is InChI=1S/C14H21NO3/c1-5-14(2,18-4)13(16)15-10-11-6-8-12(17-3)9-7-11/h6-9H,5,10H2,1-4H3,(H,15,16). The van der Waals surface area contributed by atoms with E-state index < -0.39 is 5.60 Å². The molecule has 0 aromatic heterocycles. The van der Waals surface area contributed by atoms with Gasteiger partial charge in [-0.2, -0.15) is 0 Å². The zero-order chi connectivity index (χ0) is 13.6. The molecule has 0 aliphatic rings. The van der Waals surface area contributed by atoms with Crippen molar-refractivity contribution in [2.24, 2.45) is 0 Å². The summed E-state index contributed by atoms with van der Waals surface area (Å²) in [6, 6.07) is 7.60. The van der Waals surface area contributed by atoms with Gasteiger partial charge in [-0.15, -0.1) is 0 Å². The molecule has 18 heavy (non-hydrogen) atoms. The van der Waals surface area contributed by atoms with Gasteiger partial charge in [-0.1, -0.05) is 19.1 Å². The summed E-state index contributed by atoms with van der Waals surface area (Å²) in [5.74, 6) is 0.712. The molecule has 0 bridgehead atoms. The van der Waals surface area contributed by atoms with Crippen LogP contribution in [0.15, 0.2) is 24.3 Å². The topological polar surface area (TPSA) is 47.6 Å². The van der Waals surface area contributed by atoms with E-state index in [1.54, 1.807) is 21.1 Å². The molecule has 1 amide bonds. The van der Waals surface area contributed by atoms with E-state index in [4.69, 9.17) is 9.47 Å². The van der Waals surface area contributed by atoms with Gasteiger partial charge in [-0.3, -0.25) is 4.79 Å². The van der Waals surface area contributed by atoms with E-state index >= 15 is 0 Å². The number of carbonyl (C=O) groups is 1. The number of methoxy groups -OCH3 is 2. The Bertz CT molecular complexity index is 383. The minimum absolute atomic E-state index is 0.0941. The molecule has 0 heterocycles. The summed E-state index contributed by atoms with van der Waals surface area (Å²) in [5.41, 5.74) is 0.269. The summed E-state index contributed by atoms with van der Waals surface area (Å²) in [5, 5.41) is 2.87. The average Bonchev–Trinajstić information content (AvgIpc) is 2.44. The summed E-state index contributed by atoms with van der Waals surface area (Å²) in [6.07, 6.45) is 0.637. The third-order valence-electron chi connectivity index (χ3n) is 3.22. The second kappa shape index (κ2) is 6.40. The Morgan fingerprint density at radius 1 is 1.28 bits per heavy atom. The van der Waals surface area contributed by atoms with E-state index in [-0.39, 0.29) is 5.91 Å². The van der Waals surface area contributed by atoms with Gasteiger partial charge < -0.3 is 14.8 Å². The highest BCUT2D eigenvalue weighted by Gasteiger charge is 2.30. The maximum atomic E-state index is 12.0. The molecule has 1 rings (SSSR count). The van der Waals surface area contributed by atoms with Gasteiger partial charge in [0.15, 0.2) is 0 Å². The molecule has 0 saturated heterocycles. The van der Waals surface area contributed by atoms with Gasteiger partial charge in [-0.05, 0) is 31.0 Å². The lowest BCUT2D eigenvalue weighted by molar-refractivity contribution is -0.142. The minimum Gasteiger partial charge on any atom is -0.497 e. The Kier molecular flexibility index (Phi) is 5.16. The van der Waals surface area contributed by atoms with Crippen molar-refractivity contribution in [1.82, 2.24) is 5.32 Å². The normalized spacial score (nSPS) is 13.8. The highest BCUT2D eigenvalue weighted by Crippen LogP contribution is 2.15. The molecule has 1 atom stereocenters. The number of carbonyl (C=O) groups excluding carboxylic acids is 1. The van der Waals surface area contributed by atoms with E-state index in [1.165, 1.54) is 0 Å². The third-order valence-corrected chi connectivity index (χ3v) is 3.22. The molecular weight excluding hydrogens is 230 g/mol. The first kappa shape index (κ1) is 14.5. The quantitative estimate of drug-likeness (QED) is 0.842. The van der Waals surface area contributed by atoms with Crippen molar-refractivity contribution in [1.29, 1.82) is 0 Å². The first-order valence-corrected chi connectivity index (χ1v) is 6.02. The lowest BCUT2D eigenvalue weighted by atomic mass is 10.0. The molecule has 4 heteroatoms. The van der Waals surface area contributed by atoms with Crippen molar-refractivity contribution in [2.45, 2.75) is 32.4 Å². The van der Waals surface area contributed by atoms with Gasteiger partial charge in [0.05, 0.1) is 7.11 Å². The van der Waals surface area contributed by atoms with Gasteiger partial charge in [0.2, 0.25) is 0 Å². The Hall–Kier alpha value is -1.55. The van der Waals surface area contributed by atoms with E-state index in [1.807, 2.05) is 31.2 Å². The van der Waals surface area contributed by atoms with Crippen LogP contribution < -0.4 is 10.1 Å². The maximum absolute atomic E-state index is 12.0. The van der Waals surface area contributed by atoms with E-state index in [2.05, 4.69) is 5.32 Å². The predicted octanol–water partition coefficient (Wildman–Crippen LogP) is 2.13. The number of ether oxygens (including phenoxy) is 2. The zero-order valence-electron chi connectivity index (χ0n) is 11.4. The molecule has 4 nitrogen and oxygen atoms in total. The molecule has 0 spiro atoms. The first-order chi connectivity index (χ1) is 8.55. The smallest absolute Gasteiger partial charge is 0.252 e. The first-order valence-electron chi connectivity index (χ1n) is 6.02. The van der Waals surface area contributed by atoms with Crippen LogP contribution in [-0.2, 0) is 16.1 Å². The van der Waals surface area contributed by atoms with Crippen molar-refractivity contribution < 1.29 is 14.3 Å². The average molecular weight is 251 g/mol. The highest BCUT2D eigenvalue weighted by atomic mass is 16.5. The van der Waals surface area contributed by atoms with Gasteiger partial charge in [0, 0.05) is 13.7 Å². The molecule has 0 aliphatic carbocycles. The summed E-state index contributed by atoms with van der Waals surface area (Å²) >= 11 is 0. The van der Waals surface area contributed by atoms with Gasteiger partial charge in [0.1, 0.15) is 11.4 Å². The van der Waals surface area contributed by atoms with Crippen LogP contribution in [0.4, 0.5) is 0 Å². The molecule has 0 saturated carbocycles. The van der Waals surface area contributed by atoms with Crippen molar-refractivity contribution in [3.63, 3.8) is 0 Å². The molecule has 0 radical (unpaired) electrons. The number of benzene rings is 1. The van der Waals surface area contributed by atoms with E-state index in [0.717, 1.165) is 11.3 Å². The van der Waals surface area contributed by atoms with E-state index in [9.17, 15) is 4.79 Å². The van der Waals surface area contributed by atoms with Crippen molar-refractivity contribution >= 4 is 5.91 Å². The van der Waals surface area contributed by atoms with Gasteiger partial charge >= 0.3 is 0 Å². The van der Waals surface area contributed by atoms with Crippen molar-refractivity contribution in [2.75, 3.05) is 14.2 Å². The molecule has 1 unspecified atom stereocenters. The Morgan fingerprint density at radius 2 is 1.89 bits per heavy atom. The Balaban J connectivity index is 2.56. The van der Waals surface area contributed by atoms with Crippen LogP contribution >= 0.6 is 0 Å². The van der Waals surface area contributed by atoms with Crippen molar-refractivity contribution in [3.05, 3.63) is 29.8 Å². The van der Waals surface area contributed by atoms with Gasteiger partial charge in [0.25, 0.3) is 5.91 Å². The summed E-state index contributed by atoms with van der Waals surface area (Å²) in [6.45, 7) is 4.20. The molecule has 1 aromatic rings. The molecule has 100 valence electrons. The fourth-order valence-corrected chi connectivity index (χ4v) is 1.51. The molecule has 0 aliphatic heterocycles. The van der Waals surface area contributed by atoms with Crippen LogP contribution in [0.5, 0.6) is 5.75 Å². The van der Waals surface area contributed by atoms with Crippen LogP contribution in [0.3, 0.4) is 0 Å². The van der Waals surface area contributed by atoms with E-state index in [0.29, 0.717) is 13.0 Å². The summed E-state index contributed by atoms with van der Waals surface area (Å²) in [7, 11) is 3.18. The second-order valence-corrected chi connectivity index (χ2v) is 4.32. The number of rotatable bonds is 6. The predicted molar refractivity (Wildman–Crippen MR) is 70.5 cm³/mol. The fourth-order valence-electron chi connectivity index (χ4n) is 1.51. The minimum atomic E-state index is -0.757.